The van der Waals surface area contributed by atoms with Crippen LogP contribution in [0.5, 0.6) is 11.5 Å². The third-order valence-corrected chi connectivity index (χ3v) is 7.58. The molecule has 0 aliphatic carbocycles. The van der Waals surface area contributed by atoms with Gasteiger partial charge in [0.15, 0.2) is 5.60 Å². The number of carbonyl (C=O) groups is 2. The number of phenolic OH excluding ortho intramolecular Hbond substituents is 2. The van der Waals surface area contributed by atoms with Gasteiger partial charge in [-0.3, -0.25) is 0 Å². The molecule has 0 bridgehead atoms. The van der Waals surface area contributed by atoms with Crippen molar-refractivity contribution in [3.8, 4) is 11.5 Å². The number of hydrogen-bond donors (Lipinski definition) is 3. The topological polar surface area (TPSA) is 104 Å². The zero-order chi connectivity index (χ0) is 28.3. The Morgan fingerprint density at radius 3 is 1.54 bits per heavy atom. The van der Waals surface area contributed by atoms with Crippen LogP contribution < -0.4 is 0 Å². The number of esters is 1. The summed E-state index contributed by atoms with van der Waals surface area (Å²) in [5.41, 5.74) is 3.74. The van der Waals surface area contributed by atoms with Crippen molar-refractivity contribution < 1.29 is 29.6 Å². The molecule has 3 aromatic rings. The summed E-state index contributed by atoms with van der Waals surface area (Å²) in [5, 5.41) is 32.6. The Labute approximate surface area is 230 Å². The first-order chi connectivity index (χ1) is 18.7. The monoisotopic (exact) mass is 530 g/mol. The number of rotatable bonds is 11. The van der Waals surface area contributed by atoms with Crippen molar-refractivity contribution in [3.05, 3.63) is 92.5 Å². The highest BCUT2D eigenvalue weighted by atomic mass is 16.6. The predicted octanol–water partition coefficient (Wildman–Crippen LogP) is 7.07. The number of ether oxygens (including phenoxy) is 1. The minimum absolute atomic E-state index is 0.0321. The van der Waals surface area contributed by atoms with Crippen LogP contribution in [0.1, 0.15) is 113 Å². The maximum absolute atomic E-state index is 13.4. The molecule has 6 nitrogen and oxygen atoms in total. The first-order valence-electron chi connectivity index (χ1n) is 14.0. The number of carboxylic acid groups (broad SMARTS) is 1. The summed E-state index contributed by atoms with van der Waals surface area (Å²) in [4.78, 5) is 25.1. The summed E-state index contributed by atoms with van der Waals surface area (Å²) in [6.45, 7) is 8.35. The summed E-state index contributed by atoms with van der Waals surface area (Å²) >= 11 is 0. The van der Waals surface area contributed by atoms with E-state index in [0.717, 1.165) is 73.6 Å². The molecule has 1 heterocycles. The highest BCUT2D eigenvalue weighted by molar-refractivity contribution is 5.99. The molecule has 0 fully saturated rings. The molecule has 3 N–H and O–H groups in total. The summed E-state index contributed by atoms with van der Waals surface area (Å²) < 4.78 is 6.20. The van der Waals surface area contributed by atoms with Gasteiger partial charge in [0, 0.05) is 16.7 Å². The molecule has 1 aliphatic heterocycles. The maximum atomic E-state index is 13.4. The Hall–Kier alpha value is -3.80. The van der Waals surface area contributed by atoms with Gasteiger partial charge in [0.1, 0.15) is 11.5 Å². The van der Waals surface area contributed by atoms with Crippen LogP contribution in [0, 0.1) is 0 Å². The number of cyclic esters (lactones) is 1. The molecule has 3 aromatic carbocycles. The first-order valence-corrected chi connectivity index (χ1v) is 14.0. The van der Waals surface area contributed by atoms with Crippen LogP contribution in [0.2, 0.25) is 0 Å². The van der Waals surface area contributed by atoms with E-state index in [9.17, 15) is 24.9 Å². The number of aromatic hydroxyl groups is 2. The number of benzene rings is 3. The van der Waals surface area contributed by atoms with Crippen LogP contribution in [0.15, 0.2) is 42.5 Å². The number of carboxylic acids is 1. The Morgan fingerprint density at radius 2 is 1.13 bits per heavy atom. The normalized spacial score (nSPS) is 13.8. The molecule has 0 spiro atoms. The van der Waals surface area contributed by atoms with Gasteiger partial charge in [-0.1, -0.05) is 59.4 Å². The molecule has 0 amide bonds. The fourth-order valence-electron chi connectivity index (χ4n) is 5.87. The van der Waals surface area contributed by atoms with Crippen LogP contribution in [0.25, 0.3) is 0 Å². The van der Waals surface area contributed by atoms with Crippen molar-refractivity contribution in [1.29, 1.82) is 0 Å². The second-order valence-electron chi connectivity index (χ2n) is 10.4. The average molecular weight is 531 g/mol. The summed E-state index contributed by atoms with van der Waals surface area (Å²) in [6, 6.07) is 11.6. The van der Waals surface area contributed by atoms with E-state index in [0.29, 0.717) is 16.7 Å². The standard InChI is InChI=1S/C33H38O6/c1-5-9-20-16-27(29(34)18-22(20)11-7-3)33(26-14-13-24(31(36)37)15-25(26)32(38)39-33)28-17-21(10-6-2)23(12-8-4)19-30(28)35/h13-19,34-35H,5-12H2,1-4H3,(H,36,37). The number of carbonyl (C=O) groups excluding carboxylic acids is 1. The van der Waals surface area contributed by atoms with Gasteiger partial charge in [0.05, 0.1) is 11.1 Å². The van der Waals surface area contributed by atoms with Crippen molar-refractivity contribution in [2.75, 3.05) is 0 Å². The number of aromatic carboxylic acids is 1. The summed E-state index contributed by atoms with van der Waals surface area (Å²) in [5.74, 6) is -1.92. The molecule has 6 heteroatoms. The van der Waals surface area contributed by atoms with E-state index in [1.54, 1.807) is 18.2 Å². The van der Waals surface area contributed by atoms with Gasteiger partial charge in [-0.15, -0.1) is 0 Å². The Balaban J connectivity index is 2.11. The zero-order valence-corrected chi connectivity index (χ0v) is 23.3. The Bertz CT molecular complexity index is 1340. The van der Waals surface area contributed by atoms with Crippen molar-refractivity contribution in [1.82, 2.24) is 0 Å². The summed E-state index contributed by atoms with van der Waals surface area (Å²) in [6.07, 6.45) is 6.76. The molecule has 206 valence electrons. The molecule has 0 aromatic heterocycles. The van der Waals surface area contributed by atoms with Crippen LogP contribution in [-0.4, -0.2) is 27.3 Å². The average Bonchev–Trinajstić information content (AvgIpc) is 3.19. The highest BCUT2D eigenvalue weighted by Gasteiger charge is 2.52. The fourth-order valence-corrected chi connectivity index (χ4v) is 5.87. The van der Waals surface area contributed by atoms with Gasteiger partial charge in [-0.05, 0) is 84.3 Å². The highest BCUT2D eigenvalue weighted by Crippen LogP contribution is 2.53. The van der Waals surface area contributed by atoms with E-state index in [-0.39, 0.29) is 22.6 Å². The lowest BCUT2D eigenvalue weighted by molar-refractivity contribution is 0.0239. The second kappa shape index (κ2) is 11.5. The van der Waals surface area contributed by atoms with Gasteiger partial charge in [-0.2, -0.15) is 0 Å². The SMILES string of the molecule is CCCc1cc(O)c(C2(c3cc(CCC)c(CCC)cc3O)OC(=O)c3cc(C(=O)O)ccc32)cc1CCC. The molecular weight excluding hydrogens is 492 g/mol. The van der Waals surface area contributed by atoms with E-state index in [1.807, 2.05) is 12.1 Å². The van der Waals surface area contributed by atoms with E-state index >= 15 is 0 Å². The van der Waals surface area contributed by atoms with Crippen LogP contribution in [-0.2, 0) is 36.0 Å². The summed E-state index contributed by atoms with van der Waals surface area (Å²) in [7, 11) is 0. The van der Waals surface area contributed by atoms with Crippen LogP contribution in [0.3, 0.4) is 0 Å². The Morgan fingerprint density at radius 1 is 0.692 bits per heavy atom. The predicted molar refractivity (Wildman–Crippen MR) is 151 cm³/mol. The van der Waals surface area contributed by atoms with E-state index in [4.69, 9.17) is 4.74 Å². The van der Waals surface area contributed by atoms with Crippen molar-refractivity contribution in [2.24, 2.45) is 0 Å². The van der Waals surface area contributed by atoms with Crippen molar-refractivity contribution in [3.63, 3.8) is 0 Å². The molecule has 0 radical (unpaired) electrons. The minimum Gasteiger partial charge on any atom is -0.507 e. The van der Waals surface area contributed by atoms with E-state index in [1.165, 1.54) is 12.1 Å². The molecule has 39 heavy (non-hydrogen) atoms. The molecule has 0 unspecified atom stereocenters. The largest absolute Gasteiger partial charge is 0.507 e. The molecule has 0 saturated heterocycles. The fraction of sp³-hybridized carbons (Fsp3) is 0.394. The minimum atomic E-state index is -1.64. The molecule has 0 atom stereocenters. The molecule has 1 aliphatic rings. The molecule has 4 rings (SSSR count). The lowest BCUT2D eigenvalue weighted by Crippen LogP contribution is -2.30. The van der Waals surface area contributed by atoms with Crippen LogP contribution >= 0.6 is 0 Å². The lowest BCUT2D eigenvalue weighted by atomic mass is 9.76. The lowest BCUT2D eigenvalue weighted by Gasteiger charge is -2.33. The van der Waals surface area contributed by atoms with Gasteiger partial charge in [0.25, 0.3) is 0 Å². The maximum Gasteiger partial charge on any atom is 0.340 e. The molecular formula is C33H38O6. The number of phenols is 2. The third kappa shape index (κ3) is 5.00. The van der Waals surface area contributed by atoms with Gasteiger partial charge >= 0.3 is 11.9 Å². The second-order valence-corrected chi connectivity index (χ2v) is 10.4. The van der Waals surface area contributed by atoms with Crippen molar-refractivity contribution >= 4 is 11.9 Å². The first kappa shape index (κ1) is 28.2. The number of aryl methyl sites for hydroxylation is 4. The van der Waals surface area contributed by atoms with Crippen LogP contribution in [0.4, 0.5) is 0 Å². The van der Waals surface area contributed by atoms with E-state index in [2.05, 4.69) is 27.7 Å². The molecule has 0 saturated carbocycles. The van der Waals surface area contributed by atoms with Gasteiger partial charge in [-0.25, -0.2) is 9.59 Å². The zero-order valence-electron chi connectivity index (χ0n) is 23.3. The van der Waals surface area contributed by atoms with Gasteiger partial charge in [0.2, 0.25) is 0 Å². The van der Waals surface area contributed by atoms with Gasteiger partial charge < -0.3 is 20.1 Å². The third-order valence-electron chi connectivity index (χ3n) is 7.58. The smallest absolute Gasteiger partial charge is 0.340 e. The Kier molecular flexibility index (Phi) is 8.34. The number of hydrogen-bond acceptors (Lipinski definition) is 5. The quantitative estimate of drug-likeness (QED) is 0.229. The number of fused-ring (bicyclic) bond motifs is 1. The van der Waals surface area contributed by atoms with E-state index < -0.39 is 17.5 Å². The van der Waals surface area contributed by atoms with Crippen molar-refractivity contribution in [2.45, 2.75) is 84.7 Å².